The van der Waals surface area contributed by atoms with Gasteiger partial charge in [0.15, 0.2) is 11.5 Å². The molecule has 114 valence electrons. The number of benzene rings is 1. The fraction of sp³-hybridized carbons (Fsp3) is 0.647. The second-order valence-electron chi connectivity index (χ2n) is 7.24. The molecular formula is C17H22ClNO2. The molecule has 4 aliphatic rings. The molecule has 0 heterocycles. The third kappa shape index (κ3) is 1.97. The number of methoxy groups -OCH3 is 2. The van der Waals surface area contributed by atoms with Gasteiger partial charge in [0.2, 0.25) is 0 Å². The monoisotopic (exact) mass is 307 g/mol. The third-order valence-corrected chi connectivity index (χ3v) is 6.11. The van der Waals surface area contributed by atoms with Gasteiger partial charge in [-0.05, 0) is 67.2 Å². The van der Waals surface area contributed by atoms with Gasteiger partial charge in [-0.25, -0.2) is 0 Å². The molecule has 0 spiro atoms. The third-order valence-electron chi connectivity index (χ3n) is 5.67. The summed E-state index contributed by atoms with van der Waals surface area (Å²) in [6.07, 6.45) is 5.11. The predicted molar refractivity (Wildman–Crippen MR) is 83.6 cm³/mol. The predicted octanol–water partition coefficient (Wildman–Crippen LogP) is 3.54. The molecule has 0 saturated heterocycles. The van der Waals surface area contributed by atoms with E-state index in [0.29, 0.717) is 11.8 Å². The van der Waals surface area contributed by atoms with E-state index in [9.17, 15) is 0 Å². The van der Waals surface area contributed by atoms with E-state index in [4.69, 9.17) is 26.8 Å². The molecule has 4 bridgehead atoms. The van der Waals surface area contributed by atoms with E-state index < -0.39 is 0 Å². The Kier molecular flexibility index (Phi) is 2.81. The Balaban J connectivity index is 1.90. The lowest BCUT2D eigenvalue weighted by molar-refractivity contribution is 0.151. The molecule has 0 aliphatic heterocycles. The van der Waals surface area contributed by atoms with Gasteiger partial charge in [-0.1, -0.05) is 0 Å². The highest BCUT2D eigenvalue weighted by Gasteiger charge is 2.55. The van der Waals surface area contributed by atoms with Crippen molar-refractivity contribution in [3.63, 3.8) is 0 Å². The molecule has 21 heavy (non-hydrogen) atoms. The maximum absolute atomic E-state index is 6.92. The van der Waals surface area contributed by atoms with Crippen molar-refractivity contribution in [3.8, 4) is 11.5 Å². The number of alkyl halides is 1. The van der Waals surface area contributed by atoms with Crippen LogP contribution in [0.3, 0.4) is 0 Å². The van der Waals surface area contributed by atoms with Gasteiger partial charge in [0.1, 0.15) is 0 Å². The molecule has 2 atom stereocenters. The van der Waals surface area contributed by atoms with Crippen LogP contribution in [-0.4, -0.2) is 24.6 Å². The summed E-state index contributed by atoms with van der Waals surface area (Å²) in [7, 11) is 3.38. The fourth-order valence-corrected chi connectivity index (χ4v) is 5.79. The minimum Gasteiger partial charge on any atom is -0.493 e. The number of hydrogen-bond donors (Lipinski definition) is 1. The molecule has 1 aromatic carbocycles. The van der Waals surface area contributed by atoms with Gasteiger partial charge in [-0.2, -0.15) is 0 Å². The van der Waals surface area contributed by atoms with Crippen molar-refractivity contribution in [1.82, 2.24) is 0 Å². The minimum atomic E-state index is -0.125. The second kappa shape index (κ2) is 4.30. The lowest BCUT2D eigenvalue weighted by Gasteiger charge is -2.50. The Morgan fingerprint density at radius 1 is 1.00 bits per heavy atom. The van der Waals surface area contributed by atoms with Crippen LogP contribution < -0.4 is 15.2 Å². The summed E-state index contributed by atoms with van der Waals surface area (Å²) in [5.41, 5.74) is 9.34. The first-order valence-electron chi connectivity index (χ1n) is 7.69. The largest absolute Gasteiger partial charge is 0.493 e. The number of nitrogens with two attached hydrogens (primary N) is 1. The van der Waals surface area contributed by atoms with Crippen molar-refractivity contribution >= 4 is 11.6 Å². The van der Waals surface area contributed by atoms with Gasteiger partial charge >= 0.3 is 0 Å². The van der Waals surface area contributed by atoms with Gasteiger partial charge in [-0.15, -0.1) is 11.6 Å². The van der Waals surface area contributed by atoms with E-state index in [1.54, 1.807) is 14.2 Å². The molecule has 1 aromatic rings. The summed E-state index contributed by atoms with van der Waals surface area (Å²) in [6.45, 7) is 0. The molecule has 4 aliphatic carbocycles. The number of rotatable bonds is 2. The van der Waals surface area contributed by atoms with Crippen LogP contribution >= 0.6 is 11.6 Å². The van der Waals surface area contributed by atoms with E-state index in [0.717, 1.165) is 43.6 Å². The Bertz CT molecular complexity index is 538. The van der Waals surface area contributed by atoms with Crippen LogP contribution in [-0.2, 0) is 0 Å². The number of hydrogen-bond acceptors (Lipinski definition) is 3. The maximum Gasteiger partial charge on any atom is 0.161 e. The average molecular weight is 308 g/mol. The molecule has 3 nitrogen and oxygen atoms in total. The second-order valence-corrected chi connectivity index (χ2v) is 8.04. The topological polar surface area (TPSA) is 44.5 Å². The van der Waals surface area contributed by atoms with Crippen LogP contribution in [0.4, 0.5) is 0 Å². The first-order valence-corrected chi connectivity index (χ1v) is 8.07. The molecule has 2 N–H and O–H groups in total. The summed E-state index contributed by atoms with van der Waals surface area (Å²) in [5, 5.41) is 0. The number of ether oxygens (including phenoxy) is 2. The van der Waals surface area contributed by atoms with E-state index in [1.807, 2.05) is 0 Å². The van der Waals surface area contributed by atoms with Gasteiger partial charge < -0.3 is 15.2 Å². The van der Waals surface area contributed by atoms with E-state index in [2.05, 4.69) is 12.1 Å². The average Bonchev–Trinajstić information content (AvgIpc) is 2.55. The van der Waals surface area contributed by atoms with Crippen molar-refractivity contribution in [2.24, 2.45) is 5.73 Å². The van der Waals surface area contributed by atoms with Gasteiger partial charge in [0, 0.05) is 10.4 Å². The Morgan fingerprint density at radius 3 is 1.86 bits per heavy atom. The maximum atomic E-state index is 6.92. The molecule has 2 fully saturated rings. The Hall–Kier alpha value is -0.930. The van der Waals surface area contributed by atoms with Crippen LogP contribution in [0.5, 0.6) is 11.5 Å². The van der Waals surface area contributed by atoms with Crippen molar-refractivity contribution in [1.29, 1.82) is 0 Å². The van der Waals surface area contributed by atoms with Crippen LogP contribution in [0.1, 0.15) is 55.1 Å². The van der Waals surface area contributed by atoms with Crippen molar-refractivity contribution in [2.75, 3.05) is 14.2 Å². The van der Waals surface area contributed by atoms with Crippen LogP contribution in [0, 0.1) is 0 Å². The first-order chi connectivity index (χ1) is 9.95. The molecule has 0 radical (unpaired) electrons. The van der Waals surface area contributed by atoms with Crippen molar-refractivity contribution < 1.29 is 9.47 Å². The van der Waals surface area contributed by atoms with Crippen LogP contribution in [0.25, 0.3) is 0 Å². The van der Waals surface area contributed by atoms with E-state index in [-0.39, 0.29) is 10.4 Å². The highest BCUT2D eigenvalue weighted by Crippen LogP contribution is 2.61. The van der Waals surface area contributed by atoms with Gasteiger partial charge in [-0.3, -0.25) is 0 Å². The molecule has 5 rings (SSSR count). The molecule has 0 aromatic heterocycles. The van der Waals surface area contributed by atoms with E-state index >= 15 is 0 Å². The highest BCUT2D eigenvalue weighted by atomic mass is 35.5. The fourth-order valence-electron chi connectivity index (χ4n) is 5.15. The zero-order valence-corrected chi connectivity index (χ0v) is 13.4. The summed E-state index contributed by atoms with van der Waals surface area (Å²) in [5.74, 6) is 2.52. The molecule has 4 heteroatoms. The molecular weight excluding hydrogens is 286 g/mol. The van der Waals surface area contributed by atoms with Crippen LogP contribution in [0.15, 0.2) is 12.1 Å². The van der Waals surface area contributed by atoms with E-state index in [1.165, 1.54) is 11.1 Å². The lowest BCUT2D eigenvalue weighted by atomic mass is 9.62. The smallest absolute Gasteiger partial charge is 0.161 e. The molecule has 2 unspecified atom stereocenters. The molecule has 0 amide bonds. The normalized spacial score (nSPS) is 39.8. The van der Waals surface area contributed by atoms with Crippen molar-refractivity contribution in [3.05, 3.63) is 23.3 Å². The quantitative estimate of drug-likeness (QED) is 0.850. The zero-order chi connectivity index (χ0) is 14.8. The van der Waals surface area contributed by atoms with Gasteiger partial charge in [0.05, 0.1) is 14.2 Å². The van der Waals surface area contributed by atoms with Gasteiger partial charge in [0.25, 0.3) is 0 Å². The minimum absolute atomic E-state index is 0.104. The van der Waals surface area contributed by atoms with Crippen molar-refractivity contribution in [2.45, 2.75) is 54.4 Å². The summed E-state index contributed by atoms with van der Waals surface area (Å²) in [4.78, 5) is -0.125. The summed E-state index contributed by atoms with van der Waals surface area (Å²) in [6, 6.07) is 4.32. The SMILES string of the molecule is COc1cc2c(cc1OC)C1CC3(N)CC2CC(Cl)(C1)C3. The van der Waals surface area contributed by atoms with Crippen LogP contribution in [0.2, 0.25) is 0 Å². The molecule has 2 saturated carbocycles. The highest BCUT2D eigenvalue weighted by molar-refractivity contribution is 6.24. The Labute approximate surface area is 130 Å². The Morgan fingerprint density at radius 2 is 1.48 bits per heavy atom. The number of halogens is 1. The zero-order valence-electron chi connectivity index (χ0n) is 12.6. The summed E-state index contributed by atoms with van der Waals surface area (Å²) < 4.78 is 11.0. The standard InChI is InChI=1S/C17H22ClNO2/c1-20-14-3-12-10-5-16(18)6-11(8-17(19,7-10)9-16)13(12)4-15(14)21-2/h3-4,10-11H,5-9,19H2,1-2H3. The summed E-state index contributed by atoms with van der Waals surface area (Å²) >= 11 is 6.92. The lowest BCUT2D eigenvalue weighted by Crippen LogP contribution is -2.54. The first kappa shape index (κ1) is 13.7.